The van der Waals surface area contributed by atoms with E-state index >= 15 is 0 Å². The minimum atomic E-state index is -0.116. The number of likely N-dealkylation sites (N-methyl/N-ethyl adjacent to an activating group) is 1. The van der Waals surface area contributed by atoms with E-state index in [-0.39, 0.29) is 5.91 Å². The van der Waals surface area contributed by atoms with Gasteiger partial charge in [-0.2, -0.15) is 0 Å². The molecule has 1 aliphatic heterocycles. The average Bonchev–Trinajstić information content (AvgIpc) is 2.89. The van der Waals surface area contributed by atoms with E-state index in [1.54, 1.807) is 24.2 Å². The number of aromatic nitrogens is 3. The molecule has 2 rings (SSSR count). The summed E-state index contributed by atoms with van der Waals surface area (Å²) in [5, 5.41) is 11.3. The minimum Gasteiger partial charge on any atom is -0.337 e. The number of hydrogen-bond donors (Lipinski definition) is 1. The Morgan fingerprint density at radius 1 is 1.67 bits per heavy atom. The zero-order valence-corrected chi connectivity index (χ0v) is 10.7. The van der Waals surface area contributed by atoms with Gasteiger partial charge in [0.05, 0.1) is 12.2 Å². The molecule has 1 N–H and O–H groups in total. The van der Waals surface area contributed by atoms with Crippen LogP contribution in [0.25, 0.3) is 0 Å². The van der Waals surface area contributed by atoms with Crippen LogP contribution in [0.15, 0.2) is 18.9 Å². The van der Waals surface area contributed by atoms with Gasteiger partial charge >= 0.3 is 0 Å². The van der Waals surface area contributed by atoms with E-state index in [9.17, 15) is 4.79 Å². The summed E-state index contributed by atoms with van der Waals surface area (Å²) >= 11 is 0. The van der Waals surface area contributed by atoms with Crippen LogP contribution in [-0.2, 0) is 0 Å². The predicted molar refractivity (Wildman–Crippen MR) is 68.3 cm³/mol. The number of amides is 1. The van der Waals surface area contributed by atoms with E-state index in [2.05, 4.69) is 22.2 Å². The summed E-state index contributed by atoms with van der Waals surface area (Å²) in [4.78, 5) is 13.6. The van der Waals surface area contributed by atoms with Crippen LogP contribution in [0.1, 0.15) is 29.4 Å². The van der Waals surface area contributed by atoms with Gasteiger partial charge in [0, 0.05) is 13.6 Å². The minimum absolute atomic E-state index is 0.116. The van der Waals surface area contributed by atoms with Crippen molar-refractivity contribution in [3.05, 3.63) is 24.5 Å². The Bertz CT molecular complexity index is 422. The molecule has 0 aromatic carbocycles. The van der Waals surface area contributed by atoms with Crippen LogP contribution in [0.4, 0.5) is 0 Å². The molecule has 18 heavy (non-hydrogen) atoms. The highest BCUT2D eigenvalue weighted by Crippen LogP contribution is 2.17. The Balaban J connectivity index is 2.04. The topological polar surface area (TPSA) is 63.1 Å². The van der Waals surface area contributed by atoms with Gasteiger partial charge in [0.1, 0.15) is 0 Å². The first-order chi connectivity index (χ1) is 8.72. The molecule has 0 radical (unpaired) electrons. The smallest absolute Gasteiger partial charge is 0.276 e. The van der Waals surface area contributed by atoms with Crippen LogP contribution in [-0.4, -0.2) is 52.5 Å². The van der Waals surface area contributed by atoms with E-state index in [4.69, 9.17) is 0 Å². The highest BCUT2D eigenvalue weighted by molar-refractivity contribution is 5.91. The van der Waals surface area contributed by atoms with Gasteiger partial charge in [0.15, 0.2) is 5.69 Å². The summed E-state index contributed by atoms with van der Waals surface area (Å²) in [5.41, 5.74) is 0.401. The number of nitrogens with zero attached hydrogens (tertiary/aromatic N) is 4. The largest absolute Gasteiger partial charge is 0.337 e. The van der Waals surface area contributed by atoms with Gasteiger partial charge in [0.25, 0.3) is 5.91 Å². The van der Waals surface area contributed by atoms with E-state index in [0.717, 1.165) is 25.9 Å². The third kappa shape index (κ3) is 2.76. The normalized spacial score (nSPS) is 16.5. The number of hydrogen-bond acceptors (Lipinski definition) is 4. The first-order valence-electron chi connectivity index (χ1n) is 6.21. The maximum atomic E-state index is 12.0. The van der Waals surface area contributed by atoms with Gasteiger partial charge in [-0.15, -0.1) is 11.7 Å². The Labute approximate surface area is 107 Å². The predicted octanol–water partition coefficient (Wildman–Crippen LogP) is 0.461. The second-order valence-corrected chi connectivity index (χ2v) is 4.54. The summed E-state index contributed by atoms with van der Waals surface area (Å²) in [6, 6.07) is 0.352. The van der Waals surface area contributed by atoms with Crippen LogP contribution in [0, 0.1) is 0 Å². The molecule has 1 aromatic heterocycles. The number of nitrogens with one attached hydrogen (secondary N) is 1. The molecular formula is C12H19N5O. The molecule has 6 heteroatoms. The number of rotatable bonds is 4. The van der Waals surface area contributed by atoms with Crippen molar-refractivity contribution in [2.24, 2.45) is 0 Å². The lowest BCUT2D eigenvalue weighted by atomic mass is 10.1. The van der Waals surface area contributed by atoms with E-state index < -0.39 is 0 Å². The molecule has 1 aromatic rings. The molecule has 0 saturated carbocycles. The molecule has 6 nitrogen and oxygen atoms in total. The van der Waals surface area contributed by atoms with Crippen molar-refractivity contribution in [1.29, 1.82) is 0 Å². The maximum absolute atomic E-state index is 12.0. The Morgan fingerprint density at radius 3 is 3.06 bits per heavy atom. The number of piperidine rings is 1. The third-order valence-electron chi connectivity index (χ3n) is 3.16. The number of carbonyl (C=O) groups excluding carboxylic acids is 1. The molecule has 1 aliphatic rings. The summed E-state index contributed by atoms with van der Waals surface area (Å²) in [7, 11) is 1.73. The quantitative estimate of drug-likeness (QED) is 0.787. The van der Waals surface area contributed by atoms with Gasteiger partial charge in [-0.25, -0.2) is 4.68 Å². The second-order valence-electron chi connectivity index (χ2n) is 4.54. The van der Waals surface area contributed by atoms with Gasteiger partial charge in [-0.1, -0.05) is 11.3 Å². The molecule has 0 bridgehead atoms. The molecule has 0 atom stereocenters. The van der Waals surface area contributed by atoms with E-state index in [0.29, 0.717) is 18.3 Å². The fraction of sp³-hybridized carbons (Fsp3) is 0.583. The summed E-state index contributed by atoms with van der Waals surface area (Å²) < 4.78 is 1.82. The summed E-state index contributed by atoms with van der Waals surface area (Å²) in [6.07, 6.45) is 5.49. The van der Waals surface area contributed by atoms with Crippen LogP contribution in [0.5, 0.6) is 0 Å². The van der Waals surface area contributed by atoms with Crippen molar-refractivity contribution in [1.82, 2.24) is 25.2 Å². The van der Waals surface area contributed by atoms with Crippen LogP contribution in [0.3, 0.4) is 0 Å². The molecule has 0 spiro atoms. The highest BCUT2D eigenvalue weighted by Gasteiger charge is 2.19. The monoisotopic (exact) mass is 249 g/mol. The SMILES string of the molecule is C=CCN(C)C(=O)c1cn(C2CCNCC2)nn1. The second kappa shape index (κ2) is 5.77. The van der Waals surface area contributed by atoms with Crippen molar-refractivity contribution < 1.29 is 4.79 Å². The van der Waals surface area contributed by atoms with Crippen LogP contribution >= 0.6 is 0 Å². The van der Waals surface area contributed by atoms with Crippen molar-refractivity contribution >= 4 is 5.91 Å². The lowest BCUT2D eigenvalue weighted by Gasteiger charge is -2.22. The molecule has 1 amide bonds. The fourth-order valence-electron chi connectivity index (χ4n) is 2.10. The molecular weight excluding hydrogens is 230 g/mol. The molecule has 0 unspecified atom stereocenters. The van der Waals surface area contributed by atoms with Gasteiger partial charge < -0.3 is 10.2 Å². The first-order valence-corrected chi connectivity index (χ1v) is 6.21. The molecule has 0 aliphatic carbocycles. The first kappa shape index (κ1) is 12.8. The summed E-state index contributed by atoms with van der Waals surface area (Å²) in [5.74, 6) is -0.116. The summed E-state index contributed by atoms with van der Waals surface area (Å²) in [6.45, 7) is 6.11. The zero-order valence-electron chi connectivity index (χ0n) is 10.7. The van der Waals surface area contributed by atoms with Gasteiger partial charge in [-0.3, -0.25) is 4.79 Å². The highest BCUT2D eigenvalue weighted by atomic mass is 16.2. The molecule has 2 heterocycles. The molecule has 1 saturated heterocycles. The van der Waals surface area contributed by atoms with Crippen molar-refractivity contribution in [3.63, 3.8) is 0 Å². The standard InChI is InChI=1S/C12H19N5O/c1-3-8-16(2)12(18)11-9-17(15-14-11)10-4-6-13-7-5-10/h3,9-10,13H,1,4-8H2,2H3. The zero-order chi connectivity index (χ0) is 13.0. The fourth-order valence-corrected chi connectivity index (χ4v) is 2.10. The maximum Gasteiger partial charge on any atom is 0.276 e. The Morgan fingerprint density at radius 2 is 2.39 bits per heavy atom. The van der Waals surface area contributed by atoms with Gasteiger partial charge in [-0.05, 0) is 25.9 Å². The lowest BCUT2D eigenvalue weighted by molar-refractivity contribution is 0.0804. The van der Waals surface area contributed by atoms with Crippen molar-refractivity contribution in [2.45, 2.75) is 18.9 Å². The Kier molecular flexibility index (Phi) is 4.09. The van der Waals surface area contributed by atoms with Gasteiger partial charge in [0.2, 0.25) is 0 Å². The van der Waals surface area contributed by atoms with Crippen LogP contribution < -0.4 is 5.32 Å². The van der Waals surface area contributed by atoms with Crippen molar-refractivity contribution in [3.8, 4) is 0 Å². The van der Waals surface area contributed by atoms with Crippen LogP contribution in [0.2, 0.25) is 0 Å². The van der Waals surface area contributed by atoms with Crippen molar-refractivity contribution in [2.75, 3.05) is 26.7 Å². The number of carbonyl (C=O) groups is 1. The van der Waals surface area contributed by atoms with E-state index in [1.165, 1.54) is 0 Å². The third-order valence-corrected chi connectivity index (χ3v) is 3.16. The molecule has 1 fully saturated rings. The van der Waals surface area contributed by atoms with E-state index in [1.807, 2.05) is 4.68 Å². The molecule has 98 valence electrons. The Hall–Kier alpha value is -1.69. The lowest BCUT2D eigenvalue weighted by Crippen LogP contribution is -2.29. The average molecular weight is 249 g/mol.